The van der Waals surface area contributed by atoms with Crippen LogP contribution in [0.3, 0.4) is 0 Å². The van der Waals surface area contributed by atoms with Crippen molar-refractivity contribution in [1.82, 2.24) is 10.9 Å². The largest absolute Gasteiger partial charge is 0.478 e. The van der Waals surface area contributed by atoms with Crippen molar-refractivity contribution in [1.29, 1.82) is 0 Å². The summed E-state index contributed by atoms with van der Waals surface area (Å²) in [4.78, 5) is 62.4. The number of nitrogens with one attached hydrogen (secondary N) is 2. The Morgan fingerprint density at radius 1 is 0.622 bits per heavy atom. The van der Waals surface area contributed by atoms with E-state index in [-0.39, 0.29) is 16.7 Å². The molecular weight excluding hydrogens is 527 g/mol. The van der Waals surface area contributed by atoms with Gasteiger partial charge in [0.05, 0.1) is 11.1 Å². The van der Waals surface area contributed by atoms with Gasteiger partial charge in [0, 0.05) is 15.6 Å². The van der Waals surface area contributed by atoms with Gasteiger partial charge in [-0.05, 0) is 60.7 Å². The van der Waals surface area contributed by atoms with Crippen LogP contribution in [0, 0.1) is 0 Å². The van der Waals surface area contributed by atoms with E-state index in [4.69, 9.17) is 32.7 Å². The van der Waals surface area contributed by atoms with Crippen molar-refractivity contribution in [2.24, 2.45) is 0 Å². The lowest BCUT2D eigenvalue weighted by molar-refractivity contribution is -0.159. The van der Waals surface area contributed by atoms with Crippen molar-refractivity contribution in [2.45, 2.75) is 12.2 Å². The number of halogens is 2. The van der Waals surface area contributed by atoms with Gasteiger partial charge in [-0.3, -0.25) is 20.4 Å². The number of esters is 2. The molecule has 0 fully saturated rings. The van der Waals surface area contributed by atoms with E-state index in [9.17, 15) is 29.1 Å². The molecule has 2 atom stereocenters. The van der Waals surface area contributed by atoms with Crippen molar-refractivity contribution in [3.8, 4) is 0 Å². The first kappa shape index (κ1) is 27.2. The summed E-state index contributed by atoms with van der Waals surface area (Å²) in [6.45, 7) is 0. The lowest BCUT2D eigenvalue weighted by Crippen LogP contribution is -2.54. The van der Waals surface area contributed by atoms with E-state index < -0.39 is 41.9 Å². The van der Waals surface area contributed by atoms with Crippen molar-refractivity contribution in [3.63, 3.8) is 0 Å². The van der Waals surface area contributed by atoms with Gasteiger partial charge in [-0.25, -0.2) is 14.4 Å². The first-order valence-electron chi connectivity index (χ1n) is 10.5. The topological polar surface area (TPSA) is 148 Å². The molecule has 3 aromatic rings. The lowest BCUT2D eigenvalue weighted by Gasteiger charge is -2.23. The molecule has 0 aliphatic rings. The predicted molar refractivity (Wildman–Crippen MR) is 131 cm³/mol. The number of hydrogen-bond acceptors (Lipinski definition) is 7. The number of carboxylic acids is 1. The Bertz CT molecular complexity index is 1300. The minimum atomic E-state index is -2.28. The molecule has 3 rings (SSSR count). The normalized spacial score (nSPS) is 11.9. The maximum atomic E-state index is 12.9. The van der Waals surface area contributed by atoms with E-state index in [2.05, 4.69) is 5.43 Å². The summed E-state index contributed by atoms with van der Waals surface area (Å²) in [6, 6.07) is 18.4. The average Bonchev–Trinajstić information content (AvgIpc) is 2.89. The molecule has 37 heavy (non-hydrogen) atoms. The highest BCUT2D eigenvalue weighted by molar-refractivity contribution is 6.31. The predicted octanol–water partition coefficient (Wildman–Crippen LogP) is 3.29. The van der Waals surface area contributed by atoms with Gasteiger partial charge >= 0.3 is 17.9 Å². The number of amides is 2. The summed E-state index contributed by atoms with van der Waals surface area (Å²) in [5, 5.41) is 10.4. The van der Waals surface area contributed by atoms with Gasteiger partial charge < -0.3 is 14.6 Å². The molecule has 0 aromatic heterocycles. The molecule has 2 amide bonds. The molecule has 3 N–H and O–H groups in total. The van der Waals surface area contributed by atoms with Gasteiger partial charge in [0.2, 0.25) is 12.2 Å². The average molecular weight is 545 g/mol. The summed E-state index contributed by atoms with van der Waals surface area (Å²) in [6.07, 6.45) is -4.49. The summed E-state index contributed by atoms with van der Waals surface area (Å²) in [5.74, 6) is -6.04. The number of hydrazine groups is 1. The minimum Gasteiger partial charge on any atom is -0.478 e. The van der Waals surface area contributed by atoms with Gasteiger partial charge in [0.1, 0.15) is 0 Å². The van der Waals surface area contributed by atoms with Crippen LogP contribution in [-0.2, 0) is 19.1 Å². The van der Waals surface area contributed by atoms with Crippen molar-refractivity contribution < 1.29 is 38.6 Å². The monoisotopic (exact) mass is 544 g/mol. The molecule has 0 saturated carbocycles. The van der Waals surface area contributed by atoms with Crippen LogP contribution in [0.25, 0.3) is 0 Å². The molecule has 0 aliphatic carbocycles. The molecule has 3 aromatic carbocycles. The molecule has 12 heteroatoms. The highest BCUT2D eigenvalue weighted by Gasteiger charge is 2.41. The molecule has 0 bridgehead atoms. The van der Waals surface area contributed by atoms with E-state index in [1.165, 1.54) is 60.7 Å². The SMILES string of the molecule is O=C(NNC(=O)[C@H](OC(=O)c1ccc(Cl)cc1)[C@@H](OC(=O)c1ccc(Cl)cc1)C(=O)O)c1ccccc1. The smallest absolute Gasteiger partial charge is 0.349 e. The number of ether oxygens (including phenoxy) is 2. The summed E-state index contributed by atoms with van der Waals surface area (Å²) >= 11 is 11.6. The molecule has 0 saturated heterocycles. The maximum absolute atomic E-state index is 12.9. The van der Waals surface area contributed by atoms with Crippen LogP contribution in [0.1, 0.15) is 31.1 Å². The Morgan fingerprint density at radius 3 is 1.54 bits per heavy atom. The van der Waals surface area contributed by atoms with Crippen molar-refractivity contribution in [2.75, 3.05) is 0 Å². The Balaban J connectivity index is 1.84. The van der Waals surface area contributed by atoms with Crippen LogP contribution in [0.15, 0.2) is 78.9 Å². The summed E-state index contributed by atoms with van der Waals surface area (Å²) < 4.78 is 10.1. The van der Waals surface area contributed by atoms with Crippen LogP contribution in [-0.4, -0.2) is 47.0 Å². The molecule has 0 radical (unpaired) electrons. The summed E-state index contributed by atoms with van der Waals surface area (Å²) in [5.41, 5.74) is 4.13. The van der Waals surface area contributed by atoms with Crippen LogP contribution < -0.4 is 10.9 Å². The fourth-order valence-electron chi connectivity index (χ4n) is 2.88. The maximum Gasteiger partial charge on any atom is 0.349 e. The first-order valence-corrected chi connectivity index (χ1v) is 11.2. The molecule has 10 nitrogen and oxygen atoms in total. The van der Waals surface area contributed by atoms with Gasteiger partial charge in [-0.15, -0.1) is 0 Å². The number of hydrogen-bond donors (Lipinski definition) is 3. The van der Waals surface area contributed by atoms with Crippen LogP contribution in [0.2, 0.25) is 10.0 Å². The van der Waals surface area contributed by atoms with Crippen LogP contribution in [0.5, 0.6) is 0 Å². The Morgan fingerprint density at radius 2 is 1.08 bits per heavy atom. The van der Waals surface area contributed by atoms with Gasteiger partial charge in [-0.2, -0.15) is 0 Å². The van der Waals surface area contributed by atoms with Crippen LogP contribution >= 0.6 is 23.2 Å². The molecule has 0 heterocycles. The number of carbonyl (C=O) groups excluding carboxylic acids is 4. The summed E-state index contributed by atoms with van der Waals surface area (Å²) in [7, 11) is 0. The van der Waals surface area contributed by atoms with E-state index in [0.29, 0.717) is 10.0 Å². The fourth-order valence-corrected chi connectivity index (χ4v) is 3.14. The Hall–Kier alpha value is -4.41. The zero-order valence-electron chi connectivity index (χ0n) is 18.7. The quantitative estimate of drug-likeness (QED) is 0.289. The van der Waals surface area contributed by atoms with E-state index in [1.54, 1.807) is 18.2 Å². The number of carboxylic acid groups (broad SMARTS) is 1. The third-order valence-corrected chi connectivity index (χ3v) is 5.24. The molecular formula is C25H18Cl2N2O8. The lowest BCUT2D eigenvalue weighted by atomic mass is 10.1. The first-order chi connectivity index (χ1) is 17.7. The van der Waals surface area contributed by atoms with Gasteiger partial charge in [0.15, 0.2) is 0 Å². The number of aliphatic carboxylic acids is 1. The molecule has 0 aliphatic heterocycles. The van der Waals surface area contributed by atoms with E-state index in [1.807, 2.05) is 5.43 Å². The second-order valence-electron chi connectivity index (χ2n) is 7.31. The highest BCUT2D eigenvalue weighted by atomic mass is 35.5. The highest BCUT2D eigenvalue weighted by Crippen LogP contribution is 2.16. The molecule has 190 valence electrons. The fraction of sp³-hybridized carbons (Fsp3) is 0.0800. The Labute approximate surface area is 220 Å². The standard InChI is InChI=1S/C25H18Cl2N2O8/c26-17-10-6-15(7-11-17)24(34)36-19(22(31)29-28-21(30)14-4-2-1-3-5-14)20(23(32)33)37-25(35)16-8-12-18(27)13-9-16/h1-13,19-20H,(H,28,30)(H,29,31)(H,32,33)/t19-,20-/m1/s1. The van der Waals surface area contributed by atoms with Gasteiger partial charge in [-0.1, -0.05) is 41.4 Å². The van der Waals surface area contributed by atoms with Crippen molar-refractivity contribution in [3.05, 3.63) is 106 Å². The van der Waals surface area contributed by atoms with Crippen molar-refractivity contribution >= 4 is 52.9 Å². The Kier molecular flexibility index (Phi) is 9.20. The molecule has 0 unspecified atom stereocenters. The number of carbonyl (C=O) groups is 5. The second-order valence-corrected chi connectivity index (χ2v) is 8.19. The minimum absolute atomic E-state index is 0.0660. The number of rotatable bonds is 8. The third kappa shape index (κ3) is 7.53. The zero-order chi connectivity index (χ0) is 26.9. The zero-order valence-corrected chi connectivity index (χ0v) is 20.2. The second kappa shape index (κ2) is 12.5. The third-order valence-electron chi connectivity index (χ3n) is 4.74. The molecule has 0 spiro atoms. The van der Waals surface area contributed by atoms with Gasteiger partial charge in [0.25, 0.3) is 11.8 Å². The number of benzene rings is 3. The van der Waals surface area contributed by atoms with E-state index >= 15 is 0 Å². The van der Waals surface area contributed by atoms with E-state index in [0.717, 1.165) is 0 Å². The van der Waals surface area contributed by atoms with Crippen LogP contribution in [0.4, 0.5) is 0 Å².